The van der Waals surface area contributed by atoms with Gasteiger partial charge in [-0.05, 0) is 17.3 Å². The molecule has 66 valence electrons. The molecule has 0 saturated heterocycles. The molecule has 2 aromatic rings. The monoisotopic (exact) mass is 176 g/mol. The summed E-state index contributed by atoms with van der Waals surface area (Å²) in [7, 11) is 1.70. The topological polar surface area (TPSA) is 82.5 Å². The third-order valence-electron chi connectivity index (χ3n) is 1.59. The largest absolute Gasteiger partial charge is 0.383 e. The highest BCUT2D eigenvalue weighted by atomic mass is 15.6. The zero-order valence-electron chi connectivity index (χ0n) is 7.05. The lowest BCUT2D eigenvalue weighted by Crippen LogP contribution is -1.95. The van der Waals surface area contributed by atoms with Gasteiger partial charge in [0, 0.05) is 6.20 Å². The molecule has 2 N–H and O–H groups in total. The van der Waals surface area contributed by atoms with Gasteiger partial charge in [-0.3, -0.25) is 0 Å². The van der Waals surface area contributed by atoms with Crippen molar-refractivity contribution in [1.82, 2.24) is 25.2 Å². The van der Waals surface area contributed by atoms with Crippen molar-refractivity contribution >= 4 is 5.82 Å². The molecule has 6 heteroatoms. The Bertz CT molecular complexity index is 420. The van der Waals surface area contributed by atoms with Crippen molar-refractivity contribution < 1.29 is 0 Å². The number of pyridine rings is 1. The van der Waals surface area contributed by atoms with Gasteiger partial charge in [-0.15, -0.1) is 10.2 Å². The first-order chi connectivity index (χ1) is 6.27. The van der Waals surface area contributed by atoms with E-state index in [1.807, 2.05) is 0 Å². The Morgan fingerprint density at radius 1 is 1.46 bits per heavy atom. The quantitative estimate of drug-likeness (QED) is 0.653. The lowest BCUT2D eigenvalue weighted by atomic mass is 10.2. The first-order valence-corrected chi connectivity index (χ1v) is 3.72. The summed E-state index contributed by atoms with van der Waals surface area (Å²) >= 11 is 0. The van der Waals surface area contributed by atoms with E-state index in [0.717, 1.165) is 0 Å². The van der Waals surface area contributed by atoms with Crippen molar-refractivity contribution in [2.75, 3.05) is 5.73 Å². The summed E-state index contributed by atoms with van der Waals surface area (Å²) in [5.74, 6) is 0.906. The number of aromatic nitrogens is 5. The Balaban J connectivity index is 2.52. The van der Waals surface area contributed by atoms with Crippen molar-refractivity contribution in [3.8, 4) is 11.4 Å². The molecule has 2 heterocycles. The third kappa shape index (κ3) is 1.33. The fraction of sp³-hybridized carbons (Fsp3) is 0.143. The van der Waals surface area contributed by atoms with Gasteiger partial charge < -0.3 is 5.73 Å². The normalized spacial score (nSPS) is 10.2. The molecule has 0 aliphatic carbocycles. The molecule has 0 unspecified atom stereocenters. The summed E-state index contributed by atoms with van der Waals surface area (Å²) in [5, 5.41) is 11.6. The van der Waals surface area contributed by atoms with Crippen molar-refractivity contribution in [1.29, 1.82) is 0 Å². The van der Waals surface area contributed by atoms with E-state index in [0.29, 0.717) is 17.2 Å². The number of hydrogen-bond acceptors (Lipinski definition) is 5. The van der Waals surface area contributed by atoms with Crippen molar-refractivity contribution in [3.63, 3.8) is 0 Å². The van der Waals surface area contributed by atoms with E-state index in [9.17, 15) is 0 Å². The van der Waals surface area contributed by atoms with Gasteiger partial charge >= 0.3 is 0 Å². The van der Waals surface area contributed by atoms with Gasteiger partial charge in [0.15, 0.2) is 0 Å². The van der Waals surface area contributed by atoms with Crippen LogP contribution in [-0.4, -0.2) is 25.2 Å². The van der Waals surface area contributed by atoms with Crippen molar-refractivity contribution in [2.45, 2.75) is 0 Å². The standard InChI is InChI=1S/C7H8N6/c1-13-11-7(10-12-13)5-3-2-4-9-6(5)8/h2-4H,1H3,(H2,8,9). The second kappa shape index (κ2) is 2.81. The number of nitrogens with two attached hydrogens (primary N) is 1. The number of anilines is 1. The maximum Gasteiger partial charge on any atom is 0.208 e. The predicted molar refractivity (Wildman–Crippen MR) is 46.4 cm³/mol. The highest BCUT2D eigenvalue weighted by molar-refractivity contribution is 5.66. The SMILES string of the molecule is Cn1nnc(-c2cccnc2N)n1. The zero-order chi connectivity index (χ0) is 9.26. The second-order valence-electron chi connectivity index (χ2n) is 2.54. The molecule has 0 amide bonds. The van der Waals surface area contributed by atoms with E-state index >= 15 is 0 Å². The summed E-state index contributed by atoms with van der Waals surface area (Å²) in [4.78, 5) is 5.30. The molecule has 0 fully saturated rings. The molecule has 0 radical (unpaired) electrons. The Hall–Kier alpha value is -1.98. The van der Waals surface area contributed by atoms with Crippen molar-refractivity contribution in [2.24, 2.45) is 7.05 Å². The minimum absolute atomic E-state index is 0.413. The van der Waals surface area contributed by atoms with Gasteiger partial charge in [-0.1, -0.05) is 0 Å². The van der Waals surface area contributed by atoms with Crippen LogP contribution in [0.3, 0.4) is 0 Å². The number of rotatable bonds is 1. The Morgan fingerprint density at radius 2 is 2.31 bits per heavy atom. The summed E-state index contributed by atoms with van der Waals surface area (Å²) < 4.78 is 0. The molecular formula is C7H8N6. The molecule has 0 aliphatic rings. The average Bonchev–Trinajstić information content (AvgIpc) is 2.53. The fourth-order valence-electron chi connectivity index (χ4n) is 0.998. The Kier molecular flexibility index (Phi) is 1.66. The van der Waals surface area contributed by atoms with Crippen LogP contribution in [0.5, 0.6) is 0 Å². The van der Waals surface area contributed by atoms with Crippen LogP contribution >= 0.6 is 0 Å². The lowest BCUT2D eigenvalue weighted by molar-refractivity contribution is 0.630. The minimum Gasteiger partial charge on any atom is -0.383 e. The van der Waals surface area contributed by atoms with Crippen LogP contribution in [0.4, 0.5) is 5.82 Å². The van der Waals surface area contributed by atoms with Crippen LogP contribution in [0, 0.1) is 0 Å². The van der Waals surface area contributed by atoms with Gasteiger partial charge in [0.25, 0.3) is 0 Å². The highest BCUT2D eigenvalue weighted by Crippen LogP contribution is 2.17. The molecule has 0 atom stereocenters. The highest BCUT2D eigenvalue weighted by Gasteiger charge is 2.07. The number of nitrogens with zero attached hydrogens (tertiary/aromatic N) is 5. The first kappa shape index (κ1) is 7.66. The van der Waals surface area contributed by atoms with E-state index in [4.69, 9.17) is 5.73 Å². The summed E-state index contributed by atoms with van der Waals surface area (Å²) in [6, 6.07) is 3.58. The second-order valence-corrected chi connectivity index (χ2v) is 2.54. The number of tetrazole rings is 1. The van der Waals surface area contributed by atoms with Gasteiger partial charge in [-0.25, -0.2) is 4.98 Å². The molecule has 0 aromatic carbocycles. The van der Waals surface area contributed by atoms with E-state index in [1.165, 1.54) is 4.80 Å². The molecule has 13 heavy (non-hydrogen) atoms. The summed E-state index contributed by atoms with van der Waals surface area (Å²) in [6.07, 6.45) is 1.62. The molecule has 0 aliphatic heterocycles. The average molecular weight is 176 g/mol. The van der Waals surface area contributed by atoms with Crippen LogP contribution < -0.4 is 5.73 Å². The van der Waals surface area contributed by atoms with Crippen LogP contribution in [0.2, 0.25) is 0 Å². The number of hydrogen-bond donors (Lipinski definition) is 1. The molecule has 2 aromatic heterocycles. The van der Waals surface area contributed by atoms with Gasteiger partial charge in [0.1, 0.15) is 5.82 Å². The Morgan fingerprint density at radius 3 is 2.92 bits per heavy atom. The first-order valence-electron chi connectivity index (χ1n) is 3.72. The molecule has 0 saturated carbocycles. The third-order valence-corrected chi connectivity index (χ3v) is 1.59. The van der Waals surface area contributed by atoms with E-state index in [-0.39, 0.29) is 0 Å². The number of nitrogen functional groups attached to an aromatic ring is 1. The summed E-state index contributed by atoms with van der Waals surface area (Å²) in [5.41, 5.74) is 6.34. The van der Waals surface area contributed by atoms with E-state index < -0.39 is 0 Å². The van der Waals surface area contributed by atoms with Gasteiger partial charge in [-0.2, -0.15) is 4.80 Å². The smallest absolute Gasteiger partial charge is 0.208 e. The maximum atomic E-state index is 5.63. The minimum atomic E-state index is 0.413. The molecule has 0 bridgehead atoms. The van der Waals surface area contributed by atoms with Gasteiger partial charge in [0.05, 0.1) is 12.6 Å². The lowest BCUT2D eigenvalue weighted by Gasteiger charge is -1.96. The van der Waals surface area contributed by atoms with E-state index in [1.54, 1.807) is 25.4 Å². The number of aryl methyl sites for hydroxylation is 1. The zero-order valence-corrected chi connectivity index (χ0v) is 7.05. The fourth-order valence-corrected chi connectivity index (χ4v) is 0.998. The van der Waals surface area contributed by atoms with Crippen molar-refractivity contribution in [3.05, 3.63) is 18.3 Å². The maximum absolute atomic E-state index is 5.63. The van der Waals surface area contributed by atoms with Crippen LogP contribution in [-0.2, 0) is 7.05 Å². The Labute approximate surface area is 74.4 Å². The van der Waals surface area contributed by atoms with Crippen LogP contribution in [0.25, 0.3) is 11.4 Å². The van der Waals surface area contributed by atoms with Gasteiger partial charge in [0.2, 0.25) is 5.82 Å². The molecule has 2 rings (SSSR count). The van der Waals surface area contributed by atoms with E-state index in [2.05, 4.69) is 20.4 Å². The predicted octanol–water partition coefficient (Wildman–Crippen LogP) is -0.146. The summed E-state index contributed by atoms with van der Waals surface area (Å²) in [6.45, 7) is 0. The molecular weight excluding hydrogens is 168 g/mol. The molecule has 6 nitrogen and oxygen atoms in total. The molecule has 0 spiro atoms. The van der Waals surface area contributed by atoms with Crippen LogP contribution in [0.15, 0.2) is 18.3 Å². The van der Waals surface area contributed by atoms with Crippen LogP contribution in [0.1, 0.15) is 0 Å².